The van der Waals surface area contributed by atoms with E-state index in [0.717, 1.165) is 22.6 Å². The average Bonchev–Trinajstić information content (AvgIpc) is 2.75. The molecule has 1 aromatic heterocycles. The lowest BCUT2D eigenvalue weighted by Gasteiger charge is -2.22. The minimum absolute atomic E-state index is 0.0817. The average molecular weight is 386 g/mol. The Balaban J connectivity index is 1.50. The van der Waals surface area contributed by atoms with Crippen LogP contribution in [0, 0.1) is 0 Å². The third-order valence-corrected chi connectivity index (χ3v) is 5.38. The van der Waals surface area contributed by atoms with Crippen LogP contribution in [0.5, 0.6) is 0 Å². The van der Waals surface area contributed by atoms with Crippen molar-refractivity contribution >= 4 is 23.2 Å². The van der Waals surface area contributed by atoms with E-state index in [0.29, 0.717) is 11.9 Å². The van der Waals surface area contributed by atoms with E-state index in [4.69, 9.17) is 0 Å². The standard InChI is InChI=1S/C24H26N4O/c1-17(29)26-21-12-10-19(11-13-21)23-14-15-25-24(28-23)27-22-9-5-8-20(16-22)18-6-3-2-4-7-18/h5,8-16,18H,2-4,6-7H2,1H3,(H,26,29)(H,25,27,28). The van der Waals surface area contributed by atoms with Gasteiger partial charge in [0.05, 0.1) is 5.69 Å². The summed E-state index contributed by atoms with van der Waals surface area (Å²) in [7, 11) is 0. The number of carbonyl (C=O) groups excluding carboxylic acids is 1. The molecule has 0 unspecified atom stereocenters. The van der Waals surface area contributed by atoms with Crippen molar-refractivity contribution in [2.75, 3.05) is 10.6 Å². The second kappa shape index (κ2) is 8.86. The fraction of sp³-hybridized carbons (Fsp3) is 0.292. The van der Waals surface area contributed by atoms with Crippen LogP contribution in [0.15, 0.2) is 60.8 Å². The summed E-state index contributed by atoms with van der Waals surface area (Å²) in [5.41, 5.74) is 5.00. The lowest BCUT2D eigenvalue weighted by Crippen LogP contribution is -2.05. The Morgan fingerprint density at radius 3 is 2.52 bits per heavy atom. The first-order valence-corrected chi connectivity index (χ1v) is 10.3. The quantitative estimate of drug-likeness (QED) is 0.573. The predicted octanol–water partition coefficient (Wildman–Crippen LogP) is 5.89. The van der Waals surface area contributed by atoms with E-state index in [1.54, 1.807) is 6.20 Å². The number of anilines is 3. The molecule has 2 aromatic carbocycles. The minimum Gasteiger partial charge on any atom is -0.326 e. The highest BCUT2D eigenvalue weighted by molar-refractivity contribution is 5.88. The minimum atomic E-state index is -0.0817. The van der Waals surface area contributed by atoms with Gasteiger partial charge in [-0.25, -0.2) is 9.97 Å². The van der Waals surface area contributed by atoms with Gasteiger partial charge in [0, 0.05) is 30.1 Å². The second-order valence-electron chi connectivity index (χ2n) is 7.61. The zero-order valence-corrected chi connectivity index (χ0v) is 16.7. The Morgan fingerprint density at radius 1 is 0.966 bits per heavy atom. The van der Waals surface area contributed by atoms with Gasteiger partial charge in [-0.3, -0.25) is 4.79 Å². The van der Waals surface area contributed by atoms with Gasteiger partial charge in [0.25, 0.3) is 0 Å². The molecule has 0 saturated heterocycles. The number of carbonyl (C=O) groups is 1. The van der Waals surface area contributed by atoms with Gasteiger partial charge in [0.2, 0.25) is 11.9 Å². The first-order valence-electron chi connectivity index (χ1n) is 10.3. The van der Waals surface area contributed by atoms with E-state index in [1.807, 2.05) is 30.3 Å². The van der Waals surface area contributed by atoms with Crippen LogP contribution < -0.4 is 10.6 Å². The topological polar surface area (TPSA) is 66.9 Å². The van der Waals surface area contributed by atoms with Crippen LogP contribution in [0.25, 0.3) is 11.3 Å². The summed E-state index contributed by atoms with van der Waals surface area (Å²) in [6.07, 6.45) is 8.34. The fourth-order valence-electron chi connectivity index (χ4n) is 3.94. The van der Waals surface area contributed by atoms with Crippen LogP contribution in [0.4, 0.5) is 17.3 Å². The summed E-state index contributed by atoms with van der Waals surface area (Å²) in [6, 6.07) is 18.2. The van der Waals surface area contributed by atoms with Crippen molar-refractivity contribution in [3.63, 3.8) is 0 Å². The maximum atomic E-state index is 11.2. The molecule has 1 amide bonds. The van der Waals surface area contributed by atoms with Gasteiger partial charge >= 0.3 is 0 Å². The van der Waals surface area contributed by atoms with Crippen LogP contribution >= 0.6 is 0 Å². The van der Waals surface area contributed by atoms with Crippen molar-refractivity contribution in [3.8, 4) is 11.3 Å². The van der Waals surface area contributed by atoms with Crippen molar-refractivity contribution in [3.05, 3.63) is 66.4 Å². The van der Waals surface area contributed by atoms with Crippen LogP contribution in [-0.4, -0.2) is 15.9 Å². The van der Waals surface area contributed by atoms with Crippen molar-refractivity contribution in [1.29, 1.82) is 0 Å². The molecule has 0 bridgehead atoms. The van der Waals surface area contributed by atoms with Crippen LogP contribution in [0.1, 0.15) is 50.5 Å². The highest BCUT2D eigenvalue weighted by Gasteiger charge is 2.15. The molecule has 0 radical (unpaired) electrons. The normalized spacial score (nSPS) is 14.4. The molecule has 1 aliphatic carbocycles. The van der Waals surface area contributed by atoms with Crippen LogP contribution in [0.3, 0.4) is 0 Å². The van der Waals surface area contributed by atoms with Gasteiger partial charge in [-0.05, 0) is 54.7 Å². The Labute approximate surface area is 171 Å². The van der Waals surface area contributed by atoms with Gasteiger partial charge in [-0.15, -0.1) is 0 Å². The molecule has 5 heteroatoms. The van der Waals surface area contributed by atoms with Crippen molar-refractivity contribution < 1.29 is 4.79 Å². The Hall–Kier alpha value is -3.21. The number of amides is 1. The predicted molar refractivity (Wildman–Crippen MR) is 117 cm³/mol. The zero-order valence-electron chi connectivity index (χ0n) is 16.7. The molecule has 1 heterocycles. The first kappa shape index (κ1) is 19.1. The molecule has 0 atom stereocenters. The molecule has 1 saturated carbocycles. The van der Waals surface area contributed by atoms with Crippen molar-refractivity contribution in [2.45, 2.75) is 44.9 Å². The maximum absolute atomic E-state index is 11.2. The van der Waals surface area contributed by atoms with E-state index >= 15 is 0 Å². The third-order valence-electron chi connectivity index (χ3n) is 5.38. The SMILES string of the molecule is CC(=O)Nc1ccc(-c2ccnc(Nc3cccc(C4CCCCC4)c3)n2)cc1. The molecule has 0 spiro atoms. The Kier molecular flexibility index (Phi) is 5.84. The van der Waals surface area contributed by atoms with Crippen molar-refractivity contribution in [1.82, 2.24) is 9.97 Å². The van der Waals surface area contributed by atoms with E-state index < -0.39 is 0 Å². The van der Waals surface area contributed by atoms with Gasteiger partial charge in [-0.2, -0.15) is 0 Å². The highest BCUT2D eigenvalue weighted by Crippen LogP contribution is 2.33. The van der Waals surface area contributed by atoms with Gasteiger partial charge in [-0.1, -0.05) is 43.5 Å². The molecule has 148 valence electrons. The van der Waals surface area contributed by atoms with Gasteiger partial charge in [0.1, 0.15) is 0 Å². The summed E-state index contributed by atoms with van der Waals surface area (Å²) in [6.45, 7) is 1.50. The second-order valence-corrected chi connectivity index (χ2v) is 7.61. The Morgan fingerprint density at radius 2 is 1.76 bits per heavy atom. The lowest BCUT2D eigenvalue weighted by molar-refractivity contribution is -0.114. The summed E-state index contributed by atoms with van der Waals surface area (Å²) in [5, 5.41) is 6.13. The molecule has 4 rings (SSSR count). The molecular weight excluding hydrogens is 360 g/mol. The number of aromatic nitrogens is 2. The molecule has 1 aliphatic rings. The van der Waals surface area contributed by atoms with Crippen molar-refractivity contribution in [2.24, 2.45) is 0 Å². The summed E-state index contributed by atoms with van der Waals surface area (Å²) < 4.78 is 0. The molecule has 3 aromatic rings. The Bertz CT molecular complexity index is 978. The largest absolute Gasteiger partial charge is 0.326 e. The summed E-state index contributed by atoms with van der Waals surface area (Å²) >= 11 is 0. The number of benzene rings is 2. The summed E-state index contributed by atoms with van der Waals surface area (Å²) in [5.74, 6) is 1.16. The highest BCUT2D eigenvalue weighted by atomic mass is 16.1. The van der Waals surface area contributed by atoms with Crippen LogP contribution in [-0.2, 0) is 4.79 Å². The zero-order chi connectivity index (χ0) is 20.1. The molecular formula is C24H26N4O. The number of nitrogens with zero attached hydrogens (tertiary/aromatic N) is 2. The molecule has 1 fully saturated rings. The van der Waals surface area contributed by atoms with Gasteiger partial charge < -0.3 is 10.6 Å². The summed E-state index contributed by atoms with van der Waals surface area (Å²) in [4.78, 5) is 20.2. The first-order chi connectivity index (χ1) is 14.2. The van der Waals surface area contributed by atoms with E-state index in [1.165, 1.54) is 44.6 Å². The number of hydrogen-bond acceptors (Lipinski definition) is 4. The molecule has 5 nitrogen and oxygen atoms in total. The van der Waals surface area contributed by atoms with E-state index in [9.17, 15) is 4.79 Å². The number of nitrogens with one attached hydrogen (secondary N) is 2. The van der Waals surface area contributed by atoms with Crippen LogP contribution in [0.2, 0.25) is 0 Å². The van der Waals surface area contributed by atoms with Gasteiger partial charge in [0.15, 0.2) is 0 Å². The molecule has 2 N–H and O–H groups in total. The molecule has 0 aliphatic heterocycles. The lowest BCUT2D eigenvalue weighted by atomic mass is 9.84. The maximum Gasteiger partial charge on any atom is 0.227 e. The number of hydrogen-bond donors (Lipinski definition) is 2. The monoisotopic (exact) mass is 386 g/mol. The smallest absolute Gasteiger partial charge is 0.227 e. The van der Waals surface area contributed by atoms with E-state index in [-0.39, 0.29) is 5.91 Å². The molecule has 29 heavy (non-hydrogen) atoms. The fourth-order valence-corrected chi connectivity index (χ4v) is 3.94. The number of rotatable bonds is 5. The van der Waals surface area contributed by atoms with E-state index in [2.05, 4.69) is 44.9 Å². The third kappa shape index (κ3) is 4.99.